The molecule has 0 bridgehead atoms. The van der Waals surface area contributed by atoms with Crippen LogP contribution in [0, 0.1) is 6.92 Å². The van der Waals surface area contributed by atoms with Crippen molar-refractivity contribution in [3.8, 4) is 0 Å². The molecule has 10 heteroatoms. The zero-order valence-corrected chi connectivity index (χ0v) is 19.4. The Morgan fingerprint density at radius 3 is 2.65 bits per heavy atom. The molecule has 2 N–H and O–H groups in total. The molecule has 0 radical (unpaired) electrons. The van der Waals surface area contributed by atoms with Crippen molar-refractivity contribution in [2.45, 2.75) is 39.3 Å². The lowest BCUT2D eigenvalue weighted by atomic mass is 10.1. The smallest absolute Gasteiger partial charge is 0.267 e. The van der Waals surface area contributed by atoms with Crippen molar-refractivity contribution in [2.24, 2.45) is 0 Å². The number of carbonyl (C=O) groups excluding carboxylic acids is 1. The number of benzene rings is 2. The minimum atomic E-state index is -2.47. The van der Waals surface area contributed by atoms with Gasteiger partial charge in [-0.05, 0) is 62.6 Å². The number of imidazole rings is 1. The summed E-state index contributed by atoms with van der Waals surface area (Å²) < 4.78 is 24.1. The molecule has 166 valence electrons. The van der Waals surface area contributed by atoms with Gasteiger partial charge in [-0.25, -0.2) is 13.5 Å². The van der Waals surface area contributed by atoms with Gasteiger partial charge in [0.25, 0.3) is 17.2 Å². The average Bonchev–Trinajstić information content (AvgIpc) is 3.00. The van der Waals surface area contributed by atoms with Crippen LogP contribution in [0.5, 0.6) is 0 Å². The predicted octanol–water partition coefficient (Wildman–Crippen LogP) is 4.44. The van der Waals surface area contributed by atoms with Crippen molar-refractivity contribution in [1.82, 2.24) is 13.9 Å². The summed E-state index contributed by atoms with van der Waals surface area (Å²) in [5.41, 5.74) is 2.53. The first kappa shape index (κ1) is 23.7. The molecular formula is C21H23Cl2N3O4S. The lowest BCUT2D eigenvalue weighted by Gasteiger charge is -2.18. The molecule has 2 aromatic carbocycles. The molecule has 0 aliphatic carbocycles. The van der Waals surface area contributed by atoms with Crippen molar-refractivity contribution in [3.63, 3.8) is 0 Å². The third-order valence-electron chi connectivity index (χ3n) is 4.93. The van der Waals surface area contributed by atoms with Crippen LogP contribution < -0.4 is 0 Å². The fourth-order valence-electron chi connectivity index (χ4n) is 3.32. The Labute approximate surface area is 193 Å². The topological polar surface area (TPSA) is 95.7 Å². The maximum atomic E-state index is 12.9. The normalized spacial score (nSPS) is 13.4. The Hall–Kier alpha value is -1.97. The number of carbonyl (C=O) groups is 1. The largest absolute Gasteiger partial charge is 0.393 e. The number of aryl methyl sites for hydroxylation is 1. The van der Waals surface area contributed by atoms with Crippen LogP contribution in [-0.4, -0.2) is 46.3 Å². The SMILES string of the molecule is Cc1nc2ccc(C(=O)N(CCC[C@H](C)O)S(=O)O)cc2n1Cc1ccc(Cl)cc1Cl. The van der Waals surface area contributed by atoms with Gasteiger partial charge in [-0.1, -0.05) is 29.3 Å². The quantitative estimate of drug-likeness (QED) is 0.461. The van der Waals surface area contributed by atoms with Crippen LogP contribution in [0.15, 0.2) is 36.4 Å². The molecule has 0 saturated heterocycles. The lowest BCUT2D eigenvalue weighted by molar-refractivity contribution is 0.0852. The van der Waals surface area contributed by atoms with Gasteiger partial charge < -0.3 is 9.67 Å². The number of rotatable bonds is 8. The van der Waals surface area contributed by atoms with Crippen molar-refractivity contribution in [2.75, 3.05) is 6.54 Å². The van der Waals surface area contributed by atoms with Gasteiger partial charge >= 0.3 is 0 Å². The maximum Gasteiger partial charge on any atom is 0.267 e. The van der Waals surface area contributed by atoms with Crippen LogP contribution in [0.25, 0.3) is 11.0 Å². The minimum absolute atomic E-state index is 0.0591. The molecule has 3 aromatic rings. The van der Waals surface area contributed by atoms with Gasteiger partial charge in [0.05, 0.1) is 23.7 Å². The number of aliphatic hydroxyl groups is 1. The second-order valence-corrected chi connectivity index (χ2v) is 9.06. The number of hydrogen-bond acceptors (Lipinski definition) is 4. The van der Waals surface area contributed by atoms with E-state index in [1.807, 2.05) is 17.6 Å². The molecule has 1 amide bonds. The lowest BCUT2D eigenvalue weighted by Crippen LogP contribution is -2.33. The van der Waals surface area contributed by atoms with E-state index in [0.717, 1.165) is 15.7 Å². The first-order valence-electron chi connectivity index (χ1n) is 9.69. The summed E-state index contributed by atoms with van der Waals surface area (Å²) in [6, 6.07) is 10.2. The first-order valence-corrected chi connectivity index (χ1v) is 11.5. The predicted molar refractivity (Wildman–Crippen MR) is 123 cm³/mol. The Balaban J connectivity index is 1.93. The molecule has 3 rings (SSSR count). The Morgan fingerprint density at radius 1 is 1.26 bits per heavy atom. The van der Waals surface area contributed by atoms with Crippen LogP contribution in [0.4, 0.5) is 0 Å². The summed E-state index contributed by atoms with van der Waals surface area (Å²) in [6.45, 7) is 3.98. The number of fused-ring (bicyclic) bond motifs is 1. The standard InChI is InChI=1S/C21H23Cl2N3O4S/c1-13(27)4-3-9-26(31(29)30)21(28)15-6-8-19-20(10-15)25(14(2)24-19)12-16-5-7-17(22)11-18(16)23/h5-8,10-11,13,27H,3-4,9,12H2,1-2H3,(H,29,30)/t13-/m0/s1. The summed E-state index contributed by atoms with van der Waals surface area (Å²) in [6.07, 6.45) is 0.287. The van der Waals surface area contributed by atoms with Gasteiger partial charge in [0.15, 0.2) is 0 Å². The van der Waals surface area contributed by atoms with Crippen LogP contribution in [0.3, 0.4) is 0 Å². The highest BCUT2D eigenvalue weighted by molar-refractivity contribution is 7.77. The minimum Gasteiger partial charge on any atom is -0.393 e. The zero-order valence-electron chi connectivity index (χ0n) is 17.1. The molecule has 0 fully saturated rings. The molecule has 0 saturated carbocycles. The summed E-state index contributed by atoms with van der Waals surface area (Å²) in [7, 11) is 0. The van der Waals surface area contributed by atoms with Gasteiger partial charge in [0.2, 0.25) is 0 Å². The third-order valence-corrected chi connectivity index (χ3v) is 6.24. The highest BCUT2D eigenvalue weighted by Gasteiger charge is 2.22. The molecule has 1 unspecified atom stereocenters. The monoisotopic (exact) mass is 483 g/mol. The molecule has 0 aliphatic heterocycles. The number of halogens is 2. The number of aliphatic hydroxyl groups excluding tert-OH is 1. The zero-order chi connectivity index (χ0) is 22.7. The van der Waals surface area contributed by atoms with Crippen LogP contribution >= 0.6 is 23.2 Å². The van der Waals surface area contributed by atoms with Crippen LogP contribution in [0.2, 0.25) is 10.0 Å². The Kier molecular flexibility index (Phi) is 7.72. The van der Waals surface area contributed by atoms with Crippen molar-refractivity contribution in [3.05, 3.63) is 63.4 Å². The molecular weight excluding hydrogens is 461 g/mol. The van der Waals surface area contributed by atoms with E-state index in [1.165, 1.54) is 0 Å². The molecule has 31 heavy (non-hydrogen) atoms. The highest BCUT2D eigenvalue weighted by Crippen LogP contribution is 2.25. The Morgan fingerprint density at radius 2 is 2.00 bits per heavy atom. The fourth-order valence-corrected chi connectivity index (χ4v) is 4.32. The van der Waals surface area contributed by atoms with Crippen LogP contribution in [-0.2, 0) is 17.8 Å². The average molecular weight is 484 g/mol. The fraction of sp³-hybridized carbons (Fsp3) is 0.333. The summed E-state index contributed by atoms with van der Waals surface area (Å²) in [5.74, 6) is 0.174. The molecule has 0 aliphatic rings. The third kappa shape index (κ3) is 5.64. The van der Waals surface area contributed by atoms with E-state index in [-0.39, 0.29) is 12.1 Å². The Bertz CT molecular complexity index is 1130. The van der Waals surface area contributed by atoms with E-state index in [1.54, 1.807) is 37.3 Å². The summed E-state index contributed by atoms with van der Waals surface area (Å²) >= 11 is 9.84. The van der Waals surface area contributed by atoms with Crippen molar-refractivity contribution in [1.29, 1.82) is 0 Å². The van der Waals surface area contributed by atoms with E-state index in [9.17, 15) is 18.7 Å². The highest BCUT2D eigenvalue weighted by atomic mass is 35.5. The van der Waals surface area contributed by atoms with E-state index in [0.29, 0.717) is 40.5 Å². The van der Waals surface area contributed by atoms with Crippen molar-refractivity contribution < 1.29 is 18.7 Å². The molecule has 1 aromatic heterocycles. The van der Waals surface area contributed by atoms with Gasteiger partial charge in [-0.3, -0.25) is 9.35 Å². The van der Waals surface area contributed by atoms with Gasteiger partial charge in [-0.15, -0.1) is 0 Å². The van der Waals surface area contributed by atoms with E-state index in [4.69, 9.17) is 23.2 Å². The molecule has 7 nitrogen and oxygen atoms in total. The van der Waals surface area contributed by atoms with E-state index in [2.05, 4.69) is 4.98 Å². The van der Waals surface area contributed by atoms with E-state index >= 15 is 0 Å². The van der Waals surface area contributed by atoms with Gasteiger partial charge in [-0.2, -0.15) is 0 Å². The summed E-state index contributed by atoms with van der Waals surface area (Å²) in [4.78, 5) is 17.5. The second-order valence-electron chi connectivity index (χ2n) is 7.31. The molecule has 0 spiro atoms. The van der Waals surface area contributed by atoms with Gasteiger partial charge in [0.1, 0.15) is 5.82 Å². The van der Waals surface area contributed by atoms with Crippen molar-refractivity contribution >= 4 is 51.4 Å². The van der Waals surface area contributed by atoms with E-state index < -0.39 is 23.3 Å². The number of amides is 1. The number of aromatic nitrogens is 2. The molecule has 1 heterocycles. The van der Waals surface area contributed by atoms with Gasteiger partial charge in [0, 0.05) is 22.2 Å². The molecule has 2 atom stereocenters. The summed E-state index contributed by atoms with van der Waals surface area (Å²) in [5, 5.41) is 10.5. The number of hydrogen-bond donors (Lipinski definition) is 2. The maximum absolute atomic E-state index is 12.9. The number of nitrogens with zero attached hydrogens (tertiary/aromatic N) is 3. The van der Waals surface area contributed by atoms with Crippen LogP contribution in [0.1, 0.15) is 41.5 Å². The second kappa shape index (κ2) is 10.1. The first-order chi connectivity index (χ1) is 14.7.